The molecule has 2 aromatic carbocycles. The van der Waals surface area contributed by atoms with Crippen molar-refractivity contribution in [1.82, 2.24) is 9.97 Å². The van der Waals surface area contributed by atoms with Crippen molar-refractivity contribution in [2.75, 3.05) is 11.9 Å². The van der Waals surface area contributed by atoms with Crippen LogP contribution in [0.25, 0.3) is 11.0 Å². The van der Waals surface area contributed by atoms with Crippen LogP contribution < -0.4 is 4.90 Å². The first-order chi connectivity index (χ1) is 9.25. The summed E-state index contributed by atoms with van der Waals surface area (Å²) in [4.78, 5) is 21.3. The molecule has 0 fully saturated rings. The molecule has 0 aliphatic heterocycles. The molecule has 0 radical (unpaired) electrons. The van der Waals surface area contributed by atoms with Gasteiger partial charge in [-0.3, -0.25) is 4.79 Å². The van der Waals surface area contributed by atoms with Gasteiger partial charge >= 0.3 is 0 Å². The molecule has 1 amide bonds. The molecule has 1 aromatic heterocycles. The van der Waals surface area contributed by atoms with Crippen LogP contribution in [0, 0.1) is 0 Å². The molecule has 0 bridgehead atoms. The smallest absolute Gasteiger partial charge is 0.293 e. The van der Waals surface area contributed by atoms with Gasteiger partial charge in [0.25, 0.3) is 5.91 Å². The number of carbonyl (C=O) groups is 1. The number of amides is 1. The normalized spacial score (nSPS) is 10.6. The van der Waals surface area contributed by atoms with Crippen molar-refractivity contribution in [1.29, 1.82) is 0 Å². The van der Waals surface area contributed by atoms with Gasteiger partial charge in [-0.25, -0.2) is 4.98 Å². The second-order valence-corrected chi connectivity index (χ2v) is 4.30. The number of fused-ring (bicyclic) bond motifs is 1. The topological polar surface area (TPSA) is 49.0 Å². The molecule has 4 nitrogen and oxygen atoms in total. The van der Waals surface area contributed by atoms with Crippen LogP contribution in [0.1, 0.15) is 10.6 Å². The molecule has 19 heavy (non-hydrogen) atoms. The second-order valence-electron chi connectivity index (χ2n) is 4.30. The highest BCUT2D eigenvalue weighted by Crippen LogP contribution is 2.16. The zero-order valence-electron chi connectivity index (χ0n) is 10.5. The predicted octanol–water partition coefficient (Wildman–Crippen LogP) is 2.84. The highest BCUT2D eigenvalue weighted by Gasteiger charge is 2.16. The zero-order chi connectivity index (χ0) is 13.2. The van der Waals surface area contributed by atoms with Crippen molar-refractivity contribution < 1.29 is 4.79 Å². The van der Waals surface area contributed by atoms with Crippen molar-refractivity contribution in [3.05, 3.63) is 60.4 Å². The van der Waals surface area contributed by atoms with E-state index in [0.717, 1.165) is 16.7 Å². The van der Waals surface area contributed by atoms with Crippen molar-refractivity contribution in [2.24, 2.45) is 0 Å². The van der Waals surface area contributed by atoms with Gasteiger partial charge in [0, 0.05) is 12.7 Å². The third kappa shape index (κ3) is 2.08. The molecule has 0 aliphatic carbocycles. The van der Waals surface area contributed by atoms with Crippen molar-refractivity contribution in [3.8, 4) is 0 Å². The van der Waals surface area contributed by atoms with Gasteiger partial charge in [0.2, 0.25) is 0 Å². The number of rotatable bonds is 2. The van der Waals surface area contributed by atoms with E-state index >= 15 is 0 Å². The van der Waals surface area contributed by atoms with Gasteiger partial charge in [0.1, 0.15) is 0 Å². The van der Waals surface area contributed by atoms with Crippen LogP contribution in [0.4, 0.5) is 5.69 Å². The van der Waals surface area contributed by atoms with E-state index in [1.165, 1.54) is 0 Å². The Morgan fingerprint density at radius 1 is 1.05 bits per heavy atom. The fraction of sp³-hybridized carbons (Fsp3) is 0.0667. The van der Waals surface area contributed by atoms with Crippen LogP contribution in [-0.2, 0) is 0 Å². The lowest BCUT2D eigenvalue weighted by molar-refractivity contribution is 0.0984. The number of nitrogens with one attached hydrogen (secondary N) is 1. The number of para-hydroxylation sites is 3. The maximum absolute atomic E-state index is 12.3. The summed E-state index contributed by atoms with van der Waals surface area (Å²) < 4.78 is 0. The van der Waals surface area contributed by atoms with Gasteiger partial charge in [-0.15, -0.1) is 0 Å². The molecular formula is C15H13N3O. The van der Waals surface area contributed by atoms with Gasteiger partial charge in [-0.1, -0.05) is 30.3 Å². The first kappa shape index (κ1) is 11.5. The number of aromatic nitrogens is 2. The number of hydrogen-bond donors (Lipinski definition) is 1. The van der Waals surface area contributed by atoms with Crippen LogP contribution in [0.2, 0.25) is 0 Å². The standard InChI is InChI=1S/C15H13N3O/c1-18(11-7-3-2-4-8-11)15(19)14-16-12-9-5-6-10-13(12)17-14/h2-10H,1H3,(H,16,17). The number of carbonyl (C=O) groups excluding carboxylic acids is 1. The Kier molecular flexibility index (Phi) is 2.76. The van der Waals surface area contributed by atoms with Crippen LogP contribution in [-0.4, -0.2) is 22.9 Å². The Balaban J connectivity index is 1.95. The summed E-state index contributed by atoms with van der Waals surface area (Å²) in [6, 6.07) is 17.1. The zero-order valence-corrected chi connectivity index (χ0v) is 10.5. The summed E-state index contributed by atoms with van der Waals surface area (Å²) in [7, 11) is 1.74. The maximum Gasteiger partial charge on any atom is 0.293 e. The van der Waals surface area contributed by atoms with Gasteiger partial charge in [0.15, 0.2) is 5.82 Å². The molecule has 0 saturated carbocycles. The van der Waals surface area contributed by atoms with E-state index < -0.39 is 0 Å². The number of H-pyrrole nitrogens is 1. The molecule has 94 valence electrons. The quantitative estimate of drug-likeness (QED) is 0.761. The summed E-state index contributed by atoms with van der Waals surface area (Å²) in [5.41, 5.74) is 2.51. The highest BCUT2D eigenvalue weighted by atomic mass is 16.2. The van der Waals surface area contributed by atoms with E-state index in [2.05, 4.69) is 9.97 Å². The predicted molar refractivity (Wildman–Crippen MR) is 75.3 cm³/mol. The molecule has 0 spiro atoms. The van der Waals surface area contributed by atoms with Gasteiger partial charge < -0.3 is 9.88 Å². The Hall–Kier alpha value is -2.62. The molecule has 3 aromatic rings. The van der Waals surface area contributed by atoms with Crippen LogP contribution in [0.15, 0.2) is 54.6 Å². The van der Waals surface area contributed by atoms with Gasteiger partial charge in [-0.05, 0) is 24.3 Å². The maximum atomic E-state index is 12.3. The minimum absolute atomic E-state index is 0.151. The van der Waals surface area contributed by atoms with Crippen LogP contribution in [0.5, 0.6) is 0 Å². The molecule has 0 saturated heterocycles. The summed E-state index contributed by atoms with van der Waals surface area (Å²) in [6.07, 6.45) is 0. The molecule has 0 atom stereocenters. The molecule has 1 heterocycles. The first-order valence-electron chi connectivity index (χ1n) is 6.03. The first-order valence-corrected chi connectivity index (χ1v) is 6.03. The number of nitrogens with zero attached hydrogens (tertiary/aromatic N) is 2. The third-order valence-corrected chi connectivity index (χ3v) is 3.04. The van der Waals surface area contributed by atoms with Crippen LogP contribution >= 0.6 is 0 Å². The van der Waals surface area contributed by atoms with Crippen molar-refractivity contribution in [3.63, 3.8) is 0 Å². The average Bonchev–Trinajstić information content (AvgIpc) is 2.90. The molecular weight excluding hydrogens is 238 g/mol. The average molecular weight is 251 g/mol. The van der Waals surface area contributed by atoms with Crippen molar-refractivity contribution in [2.45, 2.75) is 0 Å². The fourth-order valence-electron chi connectivity index (χ4n) is 1.98. The second kappa shape index (κ2) is 4.57. The third-order valence-electron chi connectivity index (χ3n) is 3.04. The lowest BCUT2D eigenvalue weighted by Gasteiger charge is -2.15. The Morgan fingerprint density at radius 3 is 2.47 bits per heavy atom. The monoisotopic (exact) mass is 251 g/mol. The van der Waals surface area contributed by atoms with E-state index in [1.807, 2.05) is 54.6 Å². The Morgan fingerprint density at radius 2 is 1.74 bits per heavy atom. The number of aromatic amines is 1. The number of anilines is 1. The summed E-state index contributed by atoms with van der Waals surface area (Å²) in [5.74, 6) is 0.204. The van der Waals surface area contributed by atoms with Crippen LogP contribution in [0.3, 0.4) is 0 Å². The highest BCUT2D eigenvalue weighted by molar-refractivity contribution is 6.04. The molecule has 4 heteroatoms. The molecule has 0 aliphatic rings. The largest absolute Gasteiger partial charge is 0.334 e. The Labute approximate surface area is 110 Å². The number of hydrogen-bond acceptors (Lipinski definition) is 2. The lowest BCUT2D eigenvalue weighted by atomic mass is 10.3. The number of benzene rings is 2. The van der Waals surface area contributed by atoms with E-state index in [9.17, 15) is 4.79 Å². The van der Waals surface area contributed by atoms with Gasteiger partial charge in [-0.2, -0.15) is 0 Å². The summed E-state index contributed by atoms with van der Waals surface area (Å²) >= 11 is 0. The van der Waals surface area contributed by atoms with Gasteiger partial charge in [0.05, 0.1) is 11.0 Å². The molecule has 0 unspecified atom stereocenters. The van der Waals surface area contributed by atoms with Crippen molar-refractivity contribution >= 4 is 22.6 Å². The van der Waals surface area contributed by atoms with E-state index in [0.29, 0.717) is 5.82 Å². The minimum Gasteiger partial charge on any atom is -0.334 e. The SMILES string of the molecule is CN(C(=O)c1nc2ccccc2[nH]1)c1ccccc1. The summed E-state index contributed by atoms with van der Waals surface area (Å²) in [6.45, 7) is 0. The van der Waals surface area contributed by atoms with E-state index in [-0.39, 0.29) is 5.91 Å². The summed E-state index contributed by atoms with van der Waals surface area (Å²) in [5, 5.41) is 0. The molecule has 3 rings (SSSR count). The lowest BCUT2D eigenvalue weighted by Crippen LogP contribution is -2.27. The van der Waals surface area contributed by atoms with E-state index in [4.69, 9.17) is 0 Å². The Bertz CT molecular complexity index is 685. The number of imidazole rings is 1. The fourth-order valence-corrected chi connectivity index (χ4v) is 1.98. The molecule has 1 N–H and O–H groups in total. The minimum atomic E-state index is -0.151. The van der Waals surface area contributed by atoms with E-state index in [1.54, 1.807) is 11.9 Å².